The Labute approximate surface area is 160 Å². The molecule has 0 spiro atoms. The van der Waals surface area contributed by atoms with Crippen LogP contribution in [0, 0.1) is 5.82 Å². The standard InChI is InChI=1S/C19H14ClFN2O3S/c20-15-5-1-3-7-17(15)23-27(25,26)14-11-9-13(10-12-14)19(24)22-18-8-4-2-6-16(18)21/h1-12,23H,(H,22,24). The summed E-state index contributed by atoms with van der Waals surface area (Å²) >= 11 is 5.96. The van der Waals surface area contributed by atoms with Crippen molar-refractivity contribution in [3.63, 3.8) is 0 Å². The first kappa shape index (κ1) is 18.9. The Bertz CT molecular complexity index is 1090. The Hall–Kier alpha value is -2.90. The number of para-hydroxylation sites is 2. The molecular weight excluding hydrogens is 391 g/mol. The molecular formula is C19H14ClFN2O3S. The summed E-state index contributed by atoms with van der Waals surface area (Å²) in [7, 11) is -3.87. The predicted octanol–water partition coefficient (Wildman–Crippen LogP) is 4.53. The van der Waals surface area contributed by atoms with Gasteiger partial charge in [-0.3, -0.25) is 9.52 Å². The maximum atomic E-state index is 13.6. The van der Waals surface area contributed by atoms with Crippen LogP contribution in [-0.2, 0) is 10.0 Å². The number of benzene rings is 3. The zero-order chi connectivity index (χ0) is 19.4. The lowest BCUT2D eigenvalue weighted by Gasteiger charge is -2.10. The summed E-state index contributed by atoms with van der Waals surface area (Å²) in [6, 6.07) is 17.5. The van der Waals surface area contributed by atoms with Gasteiger partial charge in [0, 0.05) is 5.56 Å². The third-order valence-electron chi connectivity index (χ3n) is 3.67. The number of carbonyl (C=O) groups is 1. The van der Waals surface area contributed by atoms with Crippen molar-refractivity contribution in [1.29, 1.82) is 0 Å². The summed E-state index contributed by atoms with van der Waals surface area (Å²) < 4.78 is 40.9. The first-order valence-corrected chi connectivity index (χ1v) is 9.66. The molecule has 138 valence electrons. The highest BCUT2D eigenvalue weighted by Gasteiger charge is 2.17. The van der Waals surface area contributed by atoms with Crippen LogP contribution in [0.1, 0.15) is 10.4 Å². The van der Waals surface area contributed by atoms with Gasteiger partial charge in [0.05, 0.1) is 21.3 Å². The highest BCUT2D eigenvalue weighted by Crippen LogP contribution is 2.24. The number of nitrogens with one attached hydrogen (secondary N) is 2. The van der Waals surface area contributed by atoms with Gasteiger partial charge in [0.15, 0.2) is 0 Å². The molecule has 27 heavy (non-hydrogen) atoms. The molecule has 0 aliphatic rings. The molecule has 0 unspecified atom stereocenters. The monoisotopic (exact) mass is 404 g/mol. The third-order valence-corrected chi connectivity index (χ3v) is 5.38. The van der Waals surface area contributed by atoms with Gasteiger partial charge in [-0.15, -0.1) is 0 Å². The van der Waals surface area contributed by atoms with Crippen molar-refractivity contribution < 1.29 is 17.6 Å². The SMILES string of the molecule is O=C(Nc1ccccc1F)c1ccc(S(=O)(=O)Nc2ccccc2Cl)cc1. The first-order valence-electron chi connectivity index (χ1n) is 7.80. The molecule has 0 saturated carbocycles. The van der Waals surface area contributed by atoms with Crippen molar-refractivity contribution >= 4 is 38.9 Å². The van der Waals surface area contributed by atoms with Crippen molar-refractivity contribution in [1.82, 2.24) is 0 Å². The number of sulfonamides is 1. The first-order chi connectivity index (χ1) is 12.9. The number of anilines is 2. The van der Waals surface area contributed by atoms with Crippen molar-refractivity contribution in [3.8, 4) is 0 Å². The number of rotatable bonds is 5. The van der Waals surface area contributed by atoms with E-state index in [1.807, 2.05) is 0 Å². The molecule has 0 bridgehead atoms. The summed E-state index contributed by atoms with van der Waals surface area (Å²) in [4.78, 5) is 12.2. The molecule has 1 amide bonds. The van der Waals surface area contributed by atoms with Crippen molar-refractivity contribution in [2.45, 2.75) is 4.90 Å². The van der Waals surface area contributed by atoms with Crippen LogP contribution in [0.15, 0.2) is 77.7 Å². The zero-order valence-electron chi connectivity index (χ0n) is 13.8. The van der Waals surface area contributed by atoms with Gasteiger partial charge in [-0.25, -0.2) is 12.8 Å². The van der Waals surface area contributed by atoms with E-state index in [1.165, 1.54) is 48.5 Å². The number of hydrogen-bond acceptors (Lipinski definition) is 3. The molecule has 0 atom stereocenters. The summed E-state index contributed by atoms with van der Waals surface area (Å²) in [6.07, 6.45) is 0. The van der Waals surface area contributed by atoms with E-state index in [4.69, 9.17) is 11.6 Å². The van der Waals surface area contributed by atoms with E-state index in [2.05, 4.69) is 10.0 Å². The second-order valence-corrected chi connectivity index (χ2v) is 7.63. The van der Waals surface area contributed by atoms with Crippen molar-refractivity contribution in [2.24, 2.45) is 0 Å². The molecule has 8 heteroatoms. The minimum Gasteiger partial charge on any atom is -0.319 e. The highest BCUT2D eigenvalue weighted by atomic mass is 35.5. The minimum absolute atomic E-state index is 0.0372. The molecule has 0 radical (unpaired) electrons. The van der Waals surface area contributed by atoms with Crippen molar-refractivity contribution in [2.75, 3.05) is 10.0 Å². The number of carbonyl (C=O) groups excluding carboxylic acids is 1. The average Bonchev–Trinajstić information content (AvgIpc) is 2.65. The maximum absolute atomic E-state index is 13.6. The lowest BCUT2D eigenvalue weighted by Crippen LogP contribution is -2.15. The summed E-state index contributed by atoms with van der Waals surface area (Å²) in [5.74, 6) is -1.11. The van der Waals surface area contributed by atoms with E-state index in [-0.39, 0.29) is 26.9 Å². The molecule has 0 saturated heterocycles. The minimum atomic E-state index is -3.87. The molecule has 0 aromatic heterocycles. The number of amides is 1. The van der Waals surface area contributed by atoms with Crippen molar-refractivity contribution in [3.05, 3.63) is 89.2 Å². The van der Waals surface area contributed by atoms with Gasteiger partial charge in [-0.2, -0.15) is 0 Å². The van der Waals surface area contributed by atoms with Crippen LogP contribution < -0.4 is 10.0 Å². The van der Waals surface area contributed by atoms with E-state index in [0.717, 1.165) is 0 Å². The van der Waals surface area contributed by atoms with Gasteiger partial charge in [0.1, 0.15) is 5.82 Å². The van der Waals surface area contributed by atoms with Gasteiger partial charge in [0.2, 0.25) is 0 Å². The molecule has 0 aliphatic carbocycles. The zero-order valence-corrected chi connectivity index (χ0v) is 15.4. The molecule has 5 nitrogen and oxygen atoms in total. The van der Waals surface area contributed by atoms with Crippen LogP contribution >= 0.6 is 11.6 Å². The Morgan fingerprint density at radius 2 is 1.44 bits per heavy atom. The fraction of sp³-hybridized carbons (Fsp3) is 0. The summed E-state index contributed by atoms with van der Waals surface area (Å²) in [5.41, 5.74) is 0.482. The Kier molecular flexibility index (Phi) is 5.43. The van der Waals surface area contributed by atoms with Gasteiger partial charge >= 0.3 is 0 Å². The van der Waals surface area contributed by atoms with Gasteiger partial charge in [0.25, 0.3) is 15.9 Å². The maximum Gasteiger partial charge on any atom is 0.261 e. The van der Waals surface area contributed by atoms with E-state index in [1.54, 1.807) is 24.3 Å². The average molecular weight is 405 g/mol. The van der Waals surface area contributed by atoms with E-state index < -0.39 is 21.7 Å². The second-order valence-electron chi connectivity index (χ2n) is 5.54. The molecule has 3 aromatic carbocycles. The van der Waals surface area contributed by atoms with Gasteiger partial charge in [-0.05, 0) is 48.5 Å². The van der Waals surface area contributed by atoms with Crippen LogP contribution in [0.2, 0.25) is 5.02 Å². The van der Waals surface area contributed by atoms with Crippen LogP contribution in [0.4, 0.5) is 15.8 Å². The summed E-state index contributed by atoms with van der Waals surface area (Å²) in [6.45, 7) is 0. The second kappa shape index (κ2) is 7.77. The van der Waals surface area contributed by atoms with E-state index >= 15 is 0 Å². The Balaban J connectivity index is 1.77. The molecule has 0 aliphatic heterocycles. The van der Waals surface area contributed by atoms with Crippen LogP contribution in [0.3, 0.4) is 0 Å². The normalized spacial score (nSPS) is 11.0. The fourth-order valence-corrected chi connectivity index (χ4v) is 3.61. The Morgan fingerprint density at radius 3 is 2.07 bits per heavy atom. The summed E-state index contributed by atoms with van der Waals surface area (Å²) in [5, 5.41) is 2.70. The van der Waals surface area contributed by atoms with Gasteiger partial charge in [-0.1, -0.05) is 35.9 Å². The number of hydrogen-bond donors (Lipinski definition) is 2. The van der Waals surface area contributed by atoms with E-state index in [0.29, 0.717) is 0 Å². The molecule has 3 aromatic rings. The lowest BCUT2D eigenvalue weighted by molar-refractivity contribution is 0.102. The topological polar surface area (TPSA) is 75.3 Å². The van der Waals surface area contributed by atoms with Crippen LogP contribution in [0.25, 0.3) is 0 Å². The lowest BCUT2D eigenvalue weighted by atomic mass is 10.2. The predicted molar refractivity (Wildman–Crippen MR) is 103 cm³/mol. The quantitative estimate of drug-likeness (QED) is 0.655. The van der Waals surface area contributed by atoms with E-state index in [9.17, 15) is 17.6 Å². The largest absolute Gasteiger partial charge is 0.319 e. The molecule has 2 N–H and O–H groups in total. The Morgan fingerprint density at radius 1 is 0.852 bits per heavy atom. The molecule has 0 heterocycles. The third kappa shape index (κ3) is 4.45. The smallest absolute Gasteiger partial charge is 0.261 e. The van der Waals surface area contributed by atoms with Gasteiger partial charge < -0.3 is 5.32 Å². The molecule has 3 rings (SSSR count). The van der Waals surface area contributed by atoms with Crippen LogP contribution in [-0.4, -0.2) is 14.3 Å². The number of halogens is 2. The molecule has 0 fully saturated rings. The fourth-order valence-electron chi connectivity index (χ4n) is 2.29. The highest BCUT2D eigenvalue weighted by molar-refractivity contribution is 7.92. The van der Waals surface area contributed by atoms with Crippen LogP contribution in [0.5, 0.6) is 0 Å².